The van der Waals surface area contributed by atoms with E-state index in [1.165, 1.54) is 10.9 Å². The first-order valence-electron chi connectivity index (χ1n) is 6.44. The summed E-state index contributed by atoms with van der Waals surface area (Å²) in [6.07, 6.45) is 2.12. The van der Waals surface area contributed by atoms with Crippen LogP contribution in [0.15, 0.2) is 24.4 Å². The number of rotatable bonds is 3. The van der Waals surface area contributed by atoms with Crippen LogP contribution < -0.4 is 10.1 Å². The number of nitrogens with one attached hydrogen (secondary N) is 2. The maximum Gasteiger partial charge on any atom is 0.120 e. The Morgan fingerprint density at radius 2 is 2.11 bits per heavy atom. The van der Waals surface area contributed by atoms with Crippen LogP contribution in [0.3, 0.4) is 0 Å². The van der Waals surface area contributed by atoms with E-state index in [9.17, 15) is 0 Å². The van der Waals surface area contributed by atoms with Crippen LogP contribution in [-0.2, 0) is 6.54 Å². The van der Waals surface area contributed by atoms with Gasteiger partial charge in [0.05, 0.1) is 7.11 Å². The lowest BCUT2D eigenvalue weighted by Gasteiger charge is -2.26. The molecule has 1 aromatic heterocycles. The Morgan fingerprint density at radius 3 is 2.89 bits per heavy atom. The zero-order valence-corrected chi connectivity index (χ0v) is 10.7. The van der Waals surface area contributed by atoms with Crippen LogP contribution in [0.2, 0.25) is 0 Å². The maximum atomic E-state index is 5.24. The molecule has 0 amide bonds. The first-order valence-corrected chi connectivity index (χ1v) is 6.44. The molecule has 1 aliphatic rings. The normalized spacial score (nSPS) is 17.2. The van der Waals surface area contributed by atoms with Crippen LogP contribution in [0.4, 0.5) is 0 Å². The van der Waals surface area contributed by atoms with E-state index in [0.29, 0.717) is 0 Å². The van der Waals surface area contributed by atoms with Gasteiger partial charge in [0.15, 0.2) is 0 Å². The Kier molecular flexibility index (Phi) is 3.21. The summed E-state index contributed by atoms with van der Waals surface area (Å²) in [5.41, 5.74) is 2.52. The summed E-state index contributed by atoms with van der Waals surface area (Å²) in [4.78, 5) is 5.82. The molecule has 1 saturated heterocycles. The molecule has 1 aromatic carbocycles. The Labute approximate surface area is 107 Å². The average Bonchev–Trinajstić information content (AvgIpc) is 2.82. The Bertz CT molecular complexity index is 529. The van der Waals surface area contributed by atoms with Gasteiger partial charge in [-0.05, 0) is 17.7 Å². The van der Waals surface area contributed by atoms with Crippen LogP contribution >= 0.6 is 0 Å². The maximum absolute atomic E-state index is 5.24. The van der Waals surface area contributed by atoms with Crippen molar-refractivity contribution in [3.05, 3.63) is 30.0 Å². The lowest BCUT2D eigenvalue weighted by Crippen LogP contribution is -2.42. The summed E-state index contributed by atoms with van der Waals surface area (Å²) in [6, 6.07) is 6.22. The molecule has 4 heteroatoms. The van der Waals surface area contributed by atoms with Gasteiger partial charge in [0.25, 0.3) is 0 Å². The number of aromatic amines is 1. The second-order valence-electron chi connectivity index (χ2n) is 4.75. The number of piperazine rings is 1. The van der Waals surface area contributed by atoms with Gasteiger partial charge < -0.3 is 15.0 Å². The third-order valence-corrected chi connectivity index (χ3v) is 3.58. The van der Waals surface area contributed by atoms with Crippen molar-refractivity contribution in [2.45, 2.75) is 6.54 Å². The molecule has 0 radical (unpaired) electrons. The highest BCUT2D eigenvalue weighted by Gasteiger charge is 2.12. The van der Waals surface area contributed by atoms with E-state index in [-0.39, 0.29) is 0 Å². The minimum absolute atomic E-state index is 0.901. The Hall–Kier alpha value is -1.52. The minimum atomic E-state index is 0.901. The Balaban J connectivity index is 1.83. The predicted octanol–water partition coefficient (Wildman–Crippen LogP) is 1.58. The van der Waals surface area contributed by atoms with Crippen molar-refractivity contribution in [1.82, 2.24) is 15.2 Å². The van der Waals surface area contributed by atoms with Crippen molar-refractivity contribution < 1.29 is 4.74 Å². The van der Waals surface area contributed by atoms with Gasteiger partial charge in [-0.3, -0.25) is 4.90 Å². The van der Waals surface area contributed by atoms with Gasteiger partial charge in [0, 0.05) is 55.9 Å². The number of nitrogens with zero attached hydrogens (tertiary/aromatic N) is 1. The van der Waals surface area contributed by atoms with E-state index in [0.717, 1.165) is 44.0 Å². The van der Waals surface area contributed by atoms with Gasteiger partial charge in [0.2, 0.25) is 0 Å². The summed E-state index contributed by atoms with van der Waals surface area (Å²) in [5.74, 6) is 0.901. The van der Waals surface area contributed by atoms with Crippen molar-refractivity contribution in [2.24, 2.45) is 0 Å². The van der Waals surface area contributed by atoms with E-state index in [1.54, 1.807) is 7.11 Å². The highest BCUT2D eigenvalue weighted by Crippen LogP contribution is 2.24. The number of aromatic nitrogens is 1. The van der Waals surface area contributed by atoms with Gasteiger partial charge in [-0.25, -0.2) is 0 Å². The van der Waals surface area contributed by atoms with E-state index in [4.69, 9.17) is 4.74 Å². The lowest BCUT2D eigenvalue weighted by molar-refractivity contribution is 0.234. The quantitative estimate of drug-likeness (QED) is 0.862. The molecule has 0 atom stereocenters. The van der Waals surface area contributed by atoms with Crippen molar-refractivity contribution in [3.8, 4) is 5.75 Å². The second-order valence-corrected chi connectivity index (χ2v) is 4.75. The third kappa shape index (κ3) is 2.21. The average molecular weight is 245 g/mol. The standard InChI is InChI=1S/C14H19N3O/c1-18-12-2-3-13-11(9-16-14(13)8-12)10-17-6-4-15-5-7-17/h2-3,8-9,15-16H,4-7,10H2,1H3. The van der Waals surface area contributed by atoms with Crippen molar-refractivity contribution >= 4 is 10.9 Å². The molecule has 3 rings (SSSR count). The smallest absolute Gasteiger partial charge is 0.120 e. The fraction of sp³-hybridized carbons (Fsp3) is 0.429. The van der Waals surface area contributed by atoms with Crippen LogP contribution in [-0.4, -0.2) is 43.2 Å². The number of fused-ring (bicyclic) bond motifs is 1. The first-order chi connectivity index (χ1) is 8.86. The first kappa shape index (κ1) is 11.6. The molecule has 0 aliphatic carbocycles. The number of hydrogen-bond acceptors (Lipinski definition) is 3. The van der Waals surface area contributed by atoms with Crippen molar-refractivity contribution in [1.29, 1.82) is 0 Å². The van der Waals surface area contributed by atoms with Gasteiger partial charge >= 0.3 is 0 Å². The predicted molar refractivity (Wildman–Crippen MR) is 73.0 cm³/mol. The minimum Gasteiger partial charge on any atom is -0.497 e. The van der Waals surface area contributed by atoms with Crippen LogP contribution in [0.5, 0.6) is 5.75 Å². The van der Waals surface area contributed by atoms with E-state index < -0.39 is 0 Å². The second kappa shape index (κ2) is 5.00. The number of benzene rings is 1. The van der Waals surface area contributed by atoms with Gasteiger partial charge in [-0.2, -0.15) is 0 Å². The molecule has 2 heterocycles. The van der Waals surface area contributed by atoms with Gasteiger partial charge in [0.1, 0.15) is 5.75 Å². The monoisotopic (exact) mass is 245 g/mol. The van der Waals surface area contributed by atoms with Crippen LogP contribution in [0, 0.1) is 0 Å². The van der Waals surface area contributed by atoms with Crippen LogP contribution in [0.25, 0.3) is 10.9 Å². The molecule has 1 aliphatic heterocycles. The van der Waals surface area contributed by atoms with Crippen LogP contribution in [0.1, 0.15) is 5.56 Å². The molecule has 0 spiro atoms. The topological polar surface area (TPSA) is 40.3 Å². The van der Waals surface area contributed by atoms with E-state index in [1.807, 2.05) is 6.07 Å². The number of methoxy groups -OCH3 is 1. The number of H-pyrrole nitrogens is 1. The molecule has 18 heavy (non-hydrogen) atoms. The molecule has 1 fully saturated rings. The molecular formula is C14H19N3O. The number of hydrogen-bond donors (Lipinski definition) is 2. The fourth-order valence-electron chi connectivity index (χ4n) is 2.53. The number of ether oxygens (including phenoxy) is 1. The molecule has 4 nitrogen and oxygen atoms in total. The SMILES string of the molecule is COc1ccc2c(CN3CCNCC3)c[nH]c2c1. The largest absolute Gasteiger partial charge is 0.497 e. The van der Waals surface area contributed by atoms with Gasteiger partial charge in [-0.1, -0.05) is 0 Å². The summed E-state index contributed by atoms with van der Waals surface area (Å²) in [7, 11) is 1.70. The molecule has 0 saturated carbocycles. The van der Waals surface area contributed by atoms with Gasteiger partial charge in [-0.15, -0.1) is 0 Å². The third-order valence-electron chi connectivity index (χ3n) is 3.58. The molecule has 2 N–H and O–H groups in total. The molecule has 0 bridgehead atoms. The molecule has 0 unspecified atom stereocenters. The van der Waals surface area contributed by atoms with Crippen molar-refractivity contribution in [2.75, 3.05) is 33.3 Å². The molecule has 96 valence electrons. The summed E-state index contributed by atoms with van der Waals surface area (Å²) < 4.78 is 5.24. The van der Waals surface area contributed by atoms with E-state index in [2.05, 4.69) is 33.5 Å². The summed E-state index contributed by atoms with van der Waals surface area (Å²) in [5, 5.41) is 4.68. The highest BCUT2D eigenvalue weighted by molar-refractivity contribution is 5.84. The zero-order chi connectivity index (χ0) is 12.4. The highest BCUT2D eigenvalue weighted by atomic mass is 16.5. The Morgan fingerprint density at radius 1 is 1.28 bits per heavy atom. The molecular weight excluding hydrogens is 226 g/mol. The lowest BCUT2D eigenvalue weighted by atomic mass is 10.1. The zero-order valence-electron chi connectivity index (χ0n) is 10.7. The van der Waals surface area contributed by atoms with E-state index >= 15 is 0 Å². The summed E-state index contributed by atoms with van der Waals surface area (Å²) >= 11 is 0. The molecule has 2 aromatic rings. The fourth-order valence-corrected chi connectivity index (χ4v) is 2.53. The summed E-state index contributed by atoms with van der Waals surface area (Å²) in [6.45, 7) is 5.46. The van der Waals surface area contributed by atoms with Crippen molar-refractivity contribution in [3.63, 3.8) is 0 Å².